The Morgan fingerprint density at radius 1 is 1.58 bits per heavy atom. The van der Waals surface area contributed by atoms with E-state index in [2.05, 4.69) is 11.7 Å². The first-order valence-electron chi connectivity index (χ1n) is 4.30. The molecule has 67 valence electrons. The highest BCUT2D eigenvalue weighted by molar-refractivity contribution is 5.94. The second kappa shape index (κ2) is 4.24. The molecule has 0 bridgehead atoms. The number of carbonyl (C=O) groups excluding carboxylic acids is 2. The summed E-state index contributed by atoms with van der Waals surface area (Å²) in [7, 11) is 0. The van der Waals surface area contributed by atoms with Crippen molar-refractivity contribution >= 4 is 11.9 Å². The van der Waals surface area contributed by atoms with E-state index in [1.165, 1.54) is 0 Å². The van der Waals surface area contributed by atoms with Gasteiger partial charge in [-0.15, -0.1) is 0 Å². The van der Waals surface area contributed by atoms with E-state index in [0.717, 1.165) is 12.8 Å². The van der Waals surface area contributed by atoms with Crippen molar-refractivity contribution in [3.63, 3.8) is 0 Å². The summed E-state index contributed by atoms with van der Waals surface area (Å²) < 4.78 is 4.41. The van der Waals surface area contributed by atoms with Crippen LogP contribution >= 0.6 is 0 Å². The molecule has 1 rings (SSSR count). The highest BCUT2D eigenvalue weighted by atomic mass is 16.6. The fraction of sp³-hybridized carbons (Fsp3) is 0.667. The van der Waals surface area contributed by atoms with Crippen LogP contribution in [0.3, 0.4) is 0 Å². The molecule has 1 radical (unpaired) electrons. The number of ether oxygens (including phenoxy) is 1. The molecule has 0 aliphatic carbocycles. The van der Waals surface area contributed by atoms with Gasteiger partial charge >= 0.3 is 11.9 Å². The molecule has 3 nitrogen and oxygen atoms in total. The van der Waals surface area contributed by atoms with Crippen LogP contribution < -0.4 is 0 Å². The molecule has 0 N–H and O–H groups in total. The van der Waals surface area contributed by atoms with Crippen LogP contribution in [0.4, 0.5) is 0 Å². The lowest BCUT2D eigenvalue weighted by molar-refractivity contribution is -0.153. The monoisotopic (exact) mass is 169 g/mol. The molecule has 1 aliphatic rings. The Balaban J connectivity index is 2.24. The molecule has 1 atom stereocenters. The zero-order valence-electron chi connectivity index (χ0n) is 7.21. The van der Waals surface area contributed by atoms with Gasteiger partial charge < -0.3 is 4.74 Å². The highest BCUT2D eigenvalue weighted by Gasteiger charge is 2.32. The molecular weight excluding hydrogens is 156 g/mol. The summed E-state index contributed by atoms with van der Waals surface area (Å²) in [4.78, 5) is 21.6. The maximum atomic E-state index is 10.9. The third-order valence-corrected chi connectivity index (χ3v) is 1.90. The Labute approximate surface area is 72.1 Å². The zero-order valence-corrected chi connectivity index (χ0v) is 7.21. The molecule has 1 saturated heterocycles. The number of hydrogen-bond acceptors (Lipinski definition) is 3. The van der Waals surface area contributed by atoms with E-state index in [1.54, 1.807) is 0 Å². The van der Waals surface area contributed by atoms with Gasteiger partial charge in [-0.05, 0) is 12.8 Å². The Bertz CT molecular complexity index is 186. The largest absolute Gasteiger partial charge is 0.393 e. The van der Waals surface area contributed by atoms with Crippen LogP contribution in [0.25, 0.3) is 0 Å². The van der Waals surface area contributed by atoms with E-state index in [-0.39, 0.29) is 24.3 Å². The van der Waals surface area contributed by atoms with Crippen molar-refractivity contribution in [2.24, 2.45) is 5.92 Å². The lowest BCUT2D eigenvalue weighted by Crippen LogP contribution is -2.07. The Kier molecular flexibility index (Phi) is 3.26. The van der Waals surface area contributed by atoms with Gasteiger partial charge in [-0.25, -0.2) is 0 Å². The molecular formula is C9H13O3. The summed E-state index contributed by atoms with van der Waals surface area (Å²) >= 11 is 0. The van der Waals surface area contributed by atoms with E-state index in [4.69, 9.17) is 0 Å². The zero-order chi connectivity index (χ0) is 8.97. The average molecular weight is 169 g/mol. The maximum absolute atomic E-state index is 10.9. The van der Waals surface area contributed by atoms with Crippen molar-refractivity contribution in [1.82, 2.24) is 0 Å². The lowest BCUT2D eigenvalue weighted by Gasteiger charge is -2.01. The first-order chi connectivity index (χ1) is 5.74. The van der Waals surface area contributed by atoms with Crippen molar-refractivity contribution < 1.29 is 14.3 Å². The van der Waals surface area contributed by atoms with Gasteiger partial charge in [-0.3, -0.25) is 9.59 Å². The Morgan fingerprint density at radius 3 is 2.83 bits per heavy atom. The summed E-state index contributed by atoms with van der Waals surface area (Å²) in [5.41, 5.74) is 0. The molecule has 0 aromatic carbocycles. The Hall–Kier alpha value is -0.860. The van der Waals surface area contributed by atoms with Crippen LogP contribution in [-0.4, -0.2) is 11.9 Å². The van der Waals surface area contributed by atoms with Crippen LogP contribution in [0.5, 0.6) is 0 Å². The number of hydrogen-bond donors (Lipinski definition) is 0. The van der Waals surface area contributed by atoms with Crippen molar-refractivity contribution in [3.05, 3.63) is 6.42 Å². The fourth-order valence-corrected chi connectivity index (χ4v) is 1.22. The summed E-state index contributed by atoms with van der Waals surface area (Å²) in [5.74, 6) is -0.939. The number of carbonyl (C=O) groups is 2. The second-order valence-electron chi connectivity index (χ2n) is 3.01. The molecule has 0 amide bonds. The topological polar surface area (TPSA) is 43.4 Å². The number of esters is 2. The van der Waals surface area contributed by atoms with Gasteiger partial charge in [0.2, 0.25) is 0 Å². The predicted octanol–water partition coefficient (Wildman–Crippen LogP) is 1.47. The van der Waals surface area contributed by atoms with Crippen molar-refractivity contribution in [2.45, 2.75) is 32.6 Å². The van der Waals surface area contributed by atoms with E-state index < -0.39 is 0 Å². The third-order valence-electron chi connectivity index (χ3n) is 1.90. The van der Waals surface area contributed by atoms with Gasteiger partial charge in [-0.2, -0.15) is 0 Å². The van der Waals surface area contributed by atoms with E-state index in [0.29, 0.717) is 6.42 Å². The molecule has 1 unspecified atom stereocenters. The van der Waals surface area contributed by atoms with Gasteiger partial charge in [0.25, 0.3) is 0 Å². The van der Waals surface area contributed by atoms with Crippen molar-refractivity contribution in [1.29, 1.82) is 0 Å². The first kappa shape index (κ1) is 9.23. The van der Waals surface area contributed by atoms with Crippen LogP contribution in [-0.2, 0) is 14.3 Å². The van der Waals surface area contributed by atoms with E-state index >= 15 is 0 Å². The van der Waals surface area contributed by atoms with Gasteiger partial charge in [0, 0.05) is 0 Å². The third kappa shape index (κ3) is 2.32. The number of unbranched alkanes of at least 4 members (excludes halogenated alkanes) is 2. The highest BCUT2D eigenvalue weighted by Crippen LogP contribution is 2.21. The SMILES string of the molecule is CCC[CH]CC1CC(=O)OC1=O. The minimum atomic E-state index is -0.380. The van der Waals surface area contributed by atoms with Gasteiger partial charge in [0.05, 0.1) is 12.3 Å². The summed E-state index contributed by atoms with van der Waals surface area (Å²) in [6, 6.07) is 0. The summed E-state index contributed by atoms with van der Waals surface area (Å²) in [6.07, 6.45) is 5.07. The predicted molar refractivity (Wildman–Crippen MR) is 43.0 cm³/mol. The standard InChI is InChI=1S/C9H13O3/c1-2-3-4-5-7-6-8(10)12-9(7)11/h4,7H,2-3,5-6H2,1H3. The van der Waals surface area contributed by atoms with Crippen molar-refractivity contribution in [2.75, 3.05) is 0 Å². The van der Waals surface area contributed by atoms with E-state index in [9.17, 15) is 9.59 Å². The molecule has 3 heteroatoms. The second-order valence-corrected chi connectivity index (χ2v) is 3.01. The lowest BCUT2D eigenvalue weighted by atomic mass is 10.0. The van der Waals surface area contributed by atoms with Gasteiger partial charge in [-0.1, -0.05) is 19.8 Å². The van der Waals surface area contributed by atoms with Crippen LogP contribution in [0, 0.1) is 12.3 Å². The summed E-state index contributed by atoms with van der Waals surface area (Å²) in [6.45, 7) is 2.08. The minimum Gasteiger partial charge on any atom is -0.393 e. The maximum Gasteiger partial charge on any atom is 0.317 e. The molecule has 1 heterocycles. The van der Waals surface area contributed by atoms with Gasteiger partial charge in [0.1, 0.15) is 0 Å². The molecule has 0 spiro atoms. The summed E-state index contributed by atoms with van der Waals surface area (Å²) in [5, 5.41) is 0. The number of cyclic esters (lactones) is 2. The smallest absolute Gasteiger partial charge is 0.317 e. The average Bonchev–Trinajstić information content (AvgIpc) is 2.31. The van der Waals surface area contributed by atoms with Gasteiger partial charge in [0.15, 0.2) is 0 Å². The molecule has 1 fully saturated rings. The quantitative estimate of drug-likeness (QED) is 0.363. The minimum absolute atomic E-state index is 0.205. The van der Waals surface area contributed by atoms with Crippen molar-refractivity contribution in [3.8, 4) is 0 Å². The molecule has 0 aromatic heterocycles. The van der Waals surface area contributed by atoms with Crippen LogP contribution in [0.15, 0.2) is 0 Å². The molecule has 0 aromatic rings. The van der Waals surface area contributed by atoms with E-state index in [1.807, 2.05) is 6.42 Å². The fourth-order valence-electron chi connectivity index (χ4n) is 1.22. The van der Waals surface area contributed by atoms with Crippen LogP contribution in [0.1, 0.15) is 32.6 Å². The molecule has 1 aliphatic heterocycles. The Morgan fingerprint density at radius 2 is 2.33 bits per heavy atom. The van der Waals surface area contributed by atoms with Crippen LogP contribution in [0.2, 0.25) is 0 Å². The number of rotatable bonds is 4. The normalized spacial score (nSPS) is 22.9. The molecule has 0 saturated carbocycles. The first-order valence-corrected chi connectivity index (χ1v) is 4.30. The molecule has 12 heavy (non-hydrogen) atoms.